The molecule has 0 aliphatic carbocycles. The van der Waals surface area contributed by atoms with Crippen LogP contribution in [0, 0.1) is 5.92 Å². The predicted octanol–water partition coefficient (Wildman–Crippen LogP) is 2.68. The molecule has 0 saturated carbocycles. The van der Waals surface area contributed by atoms with Crippen molar-refractivity contribution >= 4 is 23.4 Å². The molecule has 0 fully saturated rings. The zero-order chi connectivity index (χ0) is 15.3. The summed E-state index contributed by atoms with van der Waals surface area (Å²) in [6, 6.07) is 6.64. The molecule has 1 rings (SSSR count). The van der Waals surface area contributed by atoms with Crippen LogP contribution in [-0.4, -0.2) is 17.9 Å². The molecule has 2 amide bonds. The standard InChI is InChI=1S/C15H21ClN2O2/c1-9(2)14(18-11(4)19)15(20)17-10(3)12-6-5-7-13(16)8-12/h5-10,14H,1-4H3,(H,17,20)(H,18,19)/t10-,14-/m0/s1. The molecule has 1 aromatic rings. The zero-order valence-electron chi connectivity index (χ0n) is 12.2. The van der Waals surface area contributed by atoms with E-state index in [0.29, 0.717) is 5.02 Å². The monoisotopic (exact) mass is 296 g/mol. The molecule has 5 heteroatoms. The van der Waals surface area contributed by atoms with Crippen molar-refractivity contribution in [3.8, 4) is 0 Å². The smallest absolute Gasteiger partial charge is 0.243 e. The van der Waals surface area contributed by atoms with Gasteiger partial charge in [-0.3, -0.25) is 9.59 Å². The molecule has 0 bridgehead atoms. The maximum Gasteiger partial charge on any atom is 0.243 e. The lowest BCUT2D eigenvalue weighted by molar-refractivity contribution is -0.129. The van der Waals surface area contributed by atoms with Gasteiger partial charge in [0.25, 0.3) is 0 Å². The summed E-state index contributed by atoms with van der Waals surface area (Å²) in [6.45, 7) is 7.08. The molecular formula is C15H21ClN2O2. The second-order valence-corrected chi connectivity index (χ2v) is 5.64. The van der Waals surface area contributed by atoms with Crippen molar-refractivity contribution in [1.82, 2.24) is 10.6 Å². The van der Waals surface area contributed by atoms with E-state index < -0.39 is 6.04 Å². The van der Waals surface area contributed by atoms with Crippen molar-refractivity contribution in [3.05, 3.63) is 34.9 Å². The Bertz CT molecular complexity index is 489. The number of carbonyl (C=O) groups is 2. The van der Waals surface area contributed by atoms with E-state index in [4.69, 9.17) is 11.6 Å². The van der Waals surface area contributed by atoms with Gasteiger partial charge in [-0.15, -0.1) is 0 Å². The van der Waals surface area contributed by atoms with Crippen LogP contribution in [0.1, 0.15) is 39.3 Å². The van der Waals surface area contributed by atoms with Gasteiger partial charge in [-0.1, -0.05) is 37.6 Å². The quantitative estimate of drug-likeness (QED) is 0.877. The van der Waals surface area contributed by atoms with Gasteiger partial charge in [0.05, 0.1) is 6.04 Å². The summed E-state index contributed by atoms with van der Waals surface area (Å²) in [5, 5.41) is 6.20. The molecule has 0 saturated heterocycles. The molecule has 0 aliphatic rings. The summed E-state index contributed by atoms with van der Waals surface area (Å²) in [5.74, 6) is -0.387. The molecule has 0 radical (unpaired) electrons. The van der Waals surface area contributed by atoms with Crippen LogP contribution in [0.4, 0.5) is 0 Å². The van der Waals surface area contributed by atoms with E-state index in [0.717, 1.165) is 5.56 Å². The number of carbonyl (C=O) groups excluding carboxylic acids is 2. The Morgan fingerprint density at radius 2 is 1.80 bits per heavy atom. The Labute approximate surface area is 124 Å². The first kappa shape index (κ1) is 16.5. The van der Waals surface area contributed by atoms with Crippen molar-refractivity contribution in [3.63, 3.8) is 0 Å². The third-order valence-corrected chi connectivity index (χ3v) is 3.25. The average Bonchev–Trinajstić information content (AvgIpc) is 2.35. The van der Waals surface area contributed by atoms with Crippen LogP contribution in [-0.2, 0) is 9.59 Å². The molecule has 2 N–H and O–H groups in total. The maximum atomic E-state index is 12.2. The average molecular weight is 297 g/mol. The second-order valence-electron chi connectivity index (χ2n) is 5.21. The minimum atomic E-state index is -0.533. The Kier molecular flexibility index (Phi) is 6.02. The van der Waals surface area contributed by atoms with Gasteiger partial charge < -0.3 is 10.6 Å². The van der Waals surface area contributed by atoms with E-state index >= 15 is 0 Å². The van der Waals surface area contributed by atoms with Crippen LogP contribution < -0.4 is 10.6 Å². The van der Waals surface area contributed by atoms with Gasteiger partial charge in [-0.05, 0) is 30.5 Å². The highest BCUT2D eigenvalue weighted by atomic mass is 35.5. The summed E-state index contributed by atoms with van der Waals surface area (Å²) >= 11 is 5.94. The number of benzene rings is 1. The Balaban J connectivity index is 2.75. The number of amides is 2. The van der Waals surface area contributed by atoms with E-state index in [-0.39, 0.29) is 23.8 Å². The number of hydrogen-bond donors (Lipinski definition) is 2. The van der Waals surface area contributed by atoms with Gasteiger partial charge >= 0.3 is 0 Å². The summed E-state index contributed by atoms with van der Waals surface area (Å²) < 4.78 is 0. The van der Waals surface area contributed by atoms with Crippen molar-refractivity contribution in [2.75, 3.05) is 0 Å². The molecule has 0 aliphatic heterocycles. The maximum absolute atomic E-state index is 12.2. The zero-order valence-corrected chi connectivity index (χ0v) is 13.0. The minimum Gasteiger partial charge on any atom is -0.348 e. The van der Waals surface area contributed by atoms with Gasteiger partial charge in [0.2, 0.25) is 11.8 Å². The first-order valence-electron chi connectivity index (χ1n) is 6.64. The Morgan fingerprint density at radius 1 is 1.15 bits per heavy atom. The Morgan fingerprint density at radius 3 is 2.30 bits per heavy atom. The summed E-state index contributed by atoms with van der Waals surface area (Å²) in [7, 11) is 0. The summed E-state index contributed by atoms with van der Waals surface area (Å²) in [6.07, 6.45) is 0. The van der Waals surface area contributed by atoms with Crippen molar-refractivity contribution in [2.45, 2.75) is 39.8 Å². The normalized spacial score (nSPS) is 13.7. The summed E-state index contributed by atoms with van der Waals surface area (Å²) in [4.78, 5) is 23.4. The van der Waals surface area contributed by atoms with Crippen LogP contribution in [0.2, 0.25) is 5.02 Å². The van der Waals surface area contributed by atoms with E-state index in [1.54, 1.807) is 6.07 Å². The molecule has 0 spiro atoms. The van der Waals surface area contributed by atoms with Gasteiger partial charge in [-0.2, -0.15) is 0 Å². The van der Waals surface area contributed by atoms with E-state index in [1.165, 1.54) is 6.92 Å². The van der Waals surface area contributed by atoms with Gasteiger partial charge in [0.15, 0.2) is 0 Å². The third-order valence-electron chi connectivity index (χ3n) is 3.02. The molecule has 20 heavy (non-hydrogen) atoms. The molecule has 2 atom stereocenters. The number of halogens is 1. The molecule has 4 nitrogen and oxygen atoms in total. The molecule has 110 valence electrons. The number of hydrogen-bond acceptors (Lipinski definition) is 2. The first-order valence-corrected chi connectivity index (χ1v) is 7.02. The predicted molar refractivity (Wildman–Crippen MR) is 80.5 cm³/mol. The van der Waals surface area contributed by atoms with Gasteiger partial charge in [0, 0.05) is 11.9 Å². The van der Waals surface area contributed by atoms with Crippen LogP contribution >= 0.6 is 11.6 Å². The van der Waals surface area contributed by atoms with Crippen molar-refractivity contribution in [2.24, 2.45) is 5.92 Å². The highest BCUT2D eigenvalue weighted by Crippen LogP contribution is 2.17. The number of rotatable bonds is 5. The van der Waals surface area contributed by atoms with Gasteiger partial charge in [-0.25, -0.2) is 0 Å². The molecule has 0 heterocycles. The highest BCUT2D eigenvalue weighted by molar-refractivity contribution is 6.30. The highest BCUT2D eigenvalue weighted by Gasteiger charge is 2.24. The minimum absolute atomic E-state index is 0.0189. The number of nitrogens with one attached hydrogen (secondary N) is 2. The fourth-order valence-electron chi connectivity index (χ4n) is 1.92. The second kappa shape index (κ2) is 7.29. The molecule has 0 aromatic heterocycles. The van der Waals surface area contributed by atoms with Crippen LogP contribution in [0.25, 0.3) is 0 Å². The largest absolute Gasteiger partial charge is 0.348 e. The lowest BCUT2D eigenvalue weighted by atomic mass is 10.0. The first-order chi connectivity index (χ1) is 9.31. The van der Waals surface area contributed by atoms with E-state index in [1.807, 2.05) is 39.0 Å². The molecule has 1 aromatic carbocycles. The van der Waals surface area contributed by atoms with Crippen molar-refractivity contribution < 1.29 is 9.59 Å². The lowest BCUT2D eigenvalue weighted by Crippen LogP contribution is -2.49. The lowest BCUT2D eigenvalue weighted by Gasteiger charge is -2.23. The fourth-order valence-corrected chi connectivity index (χ4v) is 2.12. The SMILES string of the molecule is CC(=O)N[C@H](C(=O)N[C@@H](C)c1cccc(Cl)c1)C(C)C. The molecule has 0 unspecified atom stereocenters. The Hall–Kier alpha value is -1.55. The van der Waals surface area contributed by atoms with E-state index in [9.17, 15) is 9.59 Å². The topological polar surface area (TPSA) is 58.2 Å². The van der Waals surface area contributed by atoms with E-state index in [2.05, 4.69) is 10.6 Å². The van der Waals surface area contributed by atoms with Crippen LogP contribution in [0.5, 0.6) is 0 Å². The molecular weight excluding hydrogens is 276 g/mol. The van der Waals surface area contributed by atoms with Crippen molar-refractivity contribution in [1.29, 1.82) is 0 Å². The van der Waals surface area contributed by atoms with Crippen LogP contribution in [0.15, 0.2) is 24.3 Å². The summed E-state index contributed by atoms with van der Waals surface area (Å²) in [5.41, 5.74) is 0.927. The third kappa shape index (κ3) is 4.85. The fraction of sp³-hybridized carbons (Fsp3) is 0.467. The van der Waals surface area contributed by atoms with Gasteiger partial charge in [0.1, 0.15) is 6.04 Å². The van der Waals surface area contributed by atoms with Crippen LogP contribution in [0.3, 0.4) is 0 Å².